The van der Waals surface area contributed by atoms with E-state index in [0.29, 0.717) is 5.92 Å². The summed E-state index contributed by atoms with van der Waals surface area (Å²) in [6, 6.07) is 0. The zero-order chi connectivity index (χ0) is 11.3. The first-order chi connectivity index (χ1) is 6.79. The Bertz CT molecular complexity index is 239. The SMILES string of the molecule is [2H]C([2H])(CC1CC2CCC1C2)C(C)(C)C. The molecule has 76 valence electrons. The van der Waals surface area contributed by atoms with Crippen molar-refractivity contribution in [2.24, 2.45) is 23.2 Å². The third-order valence-electron chi connectivity index (χ3n) is 3.78. The first kappa shape index (κ1) is 7.31. The van der Waals surface area contributed by atoms with Gasteiger partial charge in [-0.2, -0.15) is 0 Å². The van der Waals surface area contributed by atoms with Gasteiger partial charge < -0.3 is 0 Å². The fourth-order valence-corrected chi connectivity index (χ4v) is 3.06. The van der Waals surface area contributed by atoms with Crippen molar-refractivity contribution in [3.8, 4) is 0 Å². The van der Waals surface area contributed by atoms with Gasteiger partial charge in [-0.25, -0.2) is 0 Å². The molecule has 3 unspecified atom stereocenters. The largest absolute Gasteiger partial charge is 0.0602 e. The van der Waals surface area contributed by atoms with E-state index in [0.717, 1.165) is 18.3 Å². The molecule has 2 bridgehead atoms. The van der Waals surface area contributed by atoms with Crippen LogP contribution in [0.25, 0.3) is 0 Å². The fourth-order valence-electron chi connectivity index (χ4n) is 3.06. The van der Waals surface area contributed by atoms with Gasteiger partial charge in [0.05, 0.1) is 0 Å². The summed E-state index contributed by atoms with van der Waals surface area (Å²) < 4.78 is 16.4. The molecular weight excluding hydrogens is 156 g/mol. The Balaban J connectivity index is 1.97. The summed E-state index contributed by atoms with van der Waals surface area (Å²) in [5.41, 5.74) is -0.213. The summed E-state index contributed by atoms with van der Waals surface area (Å²) in [6.45, 7) is 6.08. The van der Waals surface area contributed by atoms with Crippen molar-refractivity contribution in [2.45, 2.75) is 59.2 Å². The molecule has 0 amide bonds. The molecule has 2 rings (SSSR count). The Morgan fingerprint density at radius 1 is 1.23 bits per heavy atom. The third kappa shape index (κ3) is 2.27. The van der Waals surface area contributed by atoms with Crippen molar-refractivity contribution in [3.05, 3.63) is 0 Å². The summed E-state index contributed by atoms with van der Waals surface area (Å²) >= 11 is 0. The predicted octanol–water partition coefficient (Wildman–Crippen LogP) is 4.25. The van der Waals surface area contributed by atoms with E-state index in [9.17, 15) is 0 Å². The molecule has 0 aliphatic heterocycles. The molecule has 0 aromatic carbocycles. The summed E-state index contributed by atoms with van der Waals surface area (Å²) in [5, 5.41) is 0. The molecule has 0 aromatic heterocycles. The van der Waals surface area contributed by atoms with E-state index < -0.39 is 6.37 Å². The Morgan fingerprint density at radius 3 is 2.46 bits per heavy atom. The van der Waals surface area contributed by atoms with Crippen LogP contribution in [-0.2, 0) is 0 Å². The number of fused-ring (bicyclic) bond motifs is 2. The molecule has 0 saturated heterocycles. The molecule has 2 saturated carbocycles. The van der Waals surface area contributed by atoms with Crippen molar-refractivity contribution < 1.29 is 2.74 Å². The van der Waals surface area contributed by atoms with E-state index in [-0.39, 0.29) is 5.41 Å². The summed E-state index contributed by atoms with van der Waals surface area (Å²) in [4.78, 5) is 0. The standard InChI is InChI=1S/C13H24/c1-13(2,3)7-6-12-9-10-4-5-11(12)8-10/h10-12H,4-9H2,1-3H3/i7D2. The van der Waals surface area contributed by atoms with Crippen LogP contribution in [0, 0.1) is 23.2 Å². The van der Waals surface area contributed by atoms with E-state index in [1.807, 2.05) is 20.8 Å². The second-order valence-electron chi connectivity index (χ2n) is 6.07. The second-order valence-corrected chi connectivity index (χ2v) is 6.07. The van der Waals surface area contributed by atoms with Crippen LogP contribution in [0.1, 0.15) is 62.0 Å². The molecule has 0 heterocycles. The van der Waals surface area contributed by atoms with Gasteiger partial charge in [0.2, 0.25) is 0 Å². The lowest BCUT2D eigenvalue weighted by Crippen LogP contribution is -2.14. The predicted molar refractivity (Wildman–Crippen MR) is 57.6 cm³/mol. The highest BCUT2D eigenvalue weighted by Gasteiger charge is 2.39. The van der Waals surface area contributed by atoms with E-state index in [4.69, 9.17) is 2.74 Å². The lowest BCUT2D eigenvalue weighted by molar-refractivity contribution is 0.258. The first-order valence-electron chi connectivity index (χ1n) is 6.79. The molecule has 0 spiro atoms. The molecule has 3 atom stereocenters. The van der Waals surface area contributed by atoms with Crippen molar-refractivity contribution in [2.75, 3.05) is 0 Å². The summed E-state index contributed by atoms with van der Waals surface area (Å²) in [6.07, 6.45) is 5.28. The maximum Gasteiger partial charge on any atom is 0.0272 e. The highest BCUT2D eigenvalue weighted by Crippen LogP contribution is 2.50. The second kappa shape index (κ2) is 3.29. The molecule has 0 heteroatoms. The van der Waals surface area contributed by atoms with Gasteiger partial charge in [-0.05, 0) is 55.2 Å². The quantitative estimate of drug-likeness (QED) is 0.599. The van der Waals surface area contributed by atoms with Gasteiger partial charge in [0.15, 0.2) is 0 Å². The monoisotopic (exact) mass is 182 g/mol. The third-order valence-corrected chi connectivity index (χ3v) is 3.78. The number of hydrogen-bond acceptors (Lipinski definition) is 0. The Hall–Kier alpha value is 0. The lowest BCUT2D eigenvalue weighted by Gasteiger charge is -2.25. The van der Waals surface area contributed by atoms with Gasteiger partial charge in [0.25, 0.3) is 0 Å². The van der Waals surface area contributed by atoms with Crippen molar-refractivity contribution in [3.63, 3.8) is 0 Å². The molecule has 0 N–H and O–H groups in total. The van der Waals surface area contributed by atoms with Crippen LogP contribution in [0.5, 0.6) is 0 Å². The van der Waals surface area contributed by atoms with E-state index in [1.54, 1.807) is 0 Å². The average molecular weight is 182 g/mol. The molecule has 0 radical (unpaired) electrons. The molecule has 2 aliphatic rings. The van der Waals surface area contributed by atoms with Crippen LogP contribution >= 0.6 is 0 Å². The molecule has 13 heavy (non-hydrogen) atoms. The number of hydrogen-bond donors (Lipinski definition) is 0. The minimum atomic E-state index is -0.998. The van der Waals surface area contributed by atoms with Crippen LogP contribution in [0.4, 0.5) is 0 Å². The van der Waals surface area contributed by atoms with Crippen LogP contribution in [0.15, 0.2) is 0 Å². The minimum absolute atomic E-state index is 0.213. The van der Waals surface area contributed by atoms with Gasteiger partial charge in [-0.3, -0.25) is 0 Å². The van der Waals surface area contributed by atoms with Crippen LogP contribution in [0.3, 0.4) is 0 Å². The van der Waals surface area contributed by atoms with Crippen LogP contribution < -0.4 is 0 Å². The van der Waals surface area contributed by atoms with Gasteiger partial charge in [0.1, 0.15) is 0 Å². The molecule has 2 fully saturated rings. The Labute approximate surface area is 85.9 Å². The maximum atomic E-state index is 8.19. The van der Waals surface area contributed by atoms with Crippen molar-refractivity contribution >= 4 is 0 Å². The fraction of sp³-hybridized carbons (Fsp3) is 1.00. The van der Waals surface area contributed by atoms with Gasteiger partial charge in [-0.1, -0.05) is 27.2 Å². The highest BCUT2D eigenvalue weighted by atomic mass is 14.4. The first-order valence-corrected chi connectivity index (χ1v) is 5.79. The topological polar surface area (TPSA) is 0 Å². The normalized spacial score (nSPS) is 41.9. The summed E-state index contributed by atoms with van der Waals surface area (Å²) in [5.74, 6) is 2.47. The minimum Gasteiger partial charge on any atom is -0.0602 e. The Morgan fingerprint density at radius 2 is 2.00 bits per heavy atom. The summed E-state index contributed by atoms with van der Waals surface area (Å²) in [7, 11) is 0. The average Bonchev–Trinajstić information content (AvgIpc) is 2.61. The molecule has 0 nitrogen and oxygen atoms in total. The van der Waals surface area contributed by atoms with E-state index >= 15 is 0 Å². The van der Waals surface area contributed by atoms with Crippen molar-refractivity contribution in [1.82, 2.24) is 0 Å². The van der Waals surface area contributed by atoms with E-state index in [2.05, 4.69) is 0 Å². The van der Waals surface area contributed by atoms with Gasteiger partial charge in [0, 0.05) is 2.74 Å². The zero-order valence-electron chi connectivity index (χ0n) is 11.3. The Kier molecular flexibility index (Phi) is 1.85. The molecular formula is C13H24. The zero-order valence-corrected chi connectivity index (χ0v) is 9.27. The van der Waals surface area contributed by atoms with Crippen molar-refractivity contribution in [1.29, 1.82) is 0 Å². The van der Waals surface area contributed by atoms with E-state index in [1.165, 1.54) is 25.7 Å². The smallest absolute Gasteiger partial charge is 0.0272 e. The van der Waals surface area contributed by atoms with Gasteiger partial charge >= 0.3 is 0 Å². The van der Waals surface area contributed by atoms with Crippen LogP contribution in [-0.4, -0.2) is 0 Å². The lowest BCUT2D eigenvalue weighted by atomic mass is 9.80. The highest BCUT2D eigenvalue weighted by molar-refractivity contribution is 4.90. The number of rotatable bonds is 2. The van der Waals surface area contributed by atoms with Crippen LogP contribution in [0.2, 0.25) is 0 Å². The molecule has 0 aromatic rings. The maximum absolute atomic E-state index is 8.19. The molecule has 2 aliphatic carbocycles. The van der Waals surface area contributed by atoms with Gasteiger partial charge in [-0.15, -0.1) is 0 Å².